The van der Waals surface area contributed by atoms with Crippen molar-refractivity contribution < 1.29 is 4.74 Å². The number of ether oxygens (including phenoxy) is 1. The van der Waals surface area contributed by atoms with Crippen LogP contribution < -0.4 is 5.32 Å². The first-order valence-corrected chi connectivity index (χ1v) is 8.17. The summed E-state index contributed by atoms with van der Waals surface area (Å²) in [7, 11) is 0. The van der Waals surface area contributed by atoms with E-state index in [0.717, 1.165) is 19.5 Å². The van der Waals surface area contributed by atoms with E-state index in [-0.39, 0.29) is 6.10 Å². The Morgan fingerprint density at radius 1 is 1.25 bits per heavy atom. The van der Waals surface area contributed by atoms with Gasteiger partial charge in [-0.25, -0.2) is 0 Å². The molecule has 0 saturated carbocycles. The summed E-state index contributed by atoms with van der Waals surface area (Å²) in [5.41, 5.74) is 0.314. The van der Waals surface area contributed by atoms with Gasteiger partial charge in [0.2, 0.25) is 0 Å². The van der Waals surface area contributed by atoms with E-state index in [1.807, 2.05) is 11.3 Å². The van der Waals surface area contributed by atoms with Gasteiger partial charge in [0.25, 0.3) is 0 Å². The highest BCUT2D eigenvalue weighted by Gasteiger charge is 2.27. The number of morpholine rings is 1. The molecule has 1 aliphatic heterocycles. The molecule has 0 bridgehead atoms. The van der Waals surface area contributed by atoms with Crippen molar-refractivity contribution >= 4 is 21.4 Å². The minimum atomic E-state index is 0.202. The van der Waals surface area contributed by atoms with Crippen LogP contribution in [-0.2, 0) is 4.74 Å². The number of thiophene rings is 1. The smallest absolute Gasteiger partial charge is 0.104 e. The SMILES string of the molecule is CC(C)(C)CC1CNCC(c2cc3ccccc3s2)O1. The molecule has 1 aromatic carbocycles. The maximum Gasteiger partial charge on any atom is 0.104 e. The Labute approximate surface area is 125 Å². The summed E-state index contributed by atoms with van der Waals surface area (Å²) < 4.78 is 7.68. The zero-order chi connectivity index (χ0) is 14.2. The molecule has 0 amide bonds. The average molecular weight is 289 g/mol. The molecule has 1 fully saturated rings. The molecular weight excluding hydrogens is 266 g/mol. The van der Waals surface area contributed by atoms with Crippen LogP contribution in [0.25, 0.3) is 10.1 Å². The van der Waals surface area contributed by atoms with Crippen molar-refractivity contribution in [3.8, 4) is 0 Å². The summed E-state index contributed by atoms with van der Waals surface area (Å²) in [6, 6.07) is 10.8. The molecule has 2 atom stereocenters. The van der Waals surface area contributed by atoms with Gasteiger partial charge >= 0.3 is 0 Å². The highest BCUT2D eigenvalue weighted by Crippen LogP contribution is 2.34. The molecule has 0 radical (unpaired) electrons. The average Bonchev–Trinajstić information content (AvgIpc) is 2.80. The molecule has 108 valence electrons. The Morgan fingerprint density at radius 2 is 2.05 bits per heavy atom. The van der Waals surface area contributed by atoms with E-state index >= 15 is 0 Å². The van der Waals surface area contributed by atoms with Crippen LogP contribution in [0.15, 0.2) is 30.3 Å². The number of rotatable bonds is 2. The van der Waals surface area contributed by atoms with Gasteiger partial charge in [-0.2, -0.15) is 0 Å². The third kappa shape index (κ3) is 3.22. The first kappa shape index (κ1) is 14.1. The molecule has 1 N–H and O–H groups in total. The van der Waals surface area contributed by atoms with Crippen LogP contribution in [0.4, 0.5) is 0 Å². The van der Waals surface area contributed by atoms with Gasteiger partial charge in [-0.05, 0) is 29.4 Å². The molecule has 1 aliphatic rings. The summed E-state index contributed by atoms with van der Waals surface area (Å²) in [5.74, 6) is 0. The summed E-state index contributed by atoms with van der Waals surface area (Å²) in [6.07, 6.45) is 1.62. The zero-order valence-electron chi connectivity index (χ0n) is 12.5. The Kier molecular flexibility index (Phi) is 3.85. The maximum atomic E-state index is 6.33. The van der Waals surface area contributed by atoms with Crippen LogP contribution >= 0.6 is 11.3 Å². The fourth-order valence-corrected chi connectivity index (χ4v) is 3.94. The van der Waals surface area contributed by atoms with Gasteiger partial charge in [-0.1, -0.05) is 39.0 Å². The van der Waals surface area contributed by atoms with Gasteiger partial charge in [0.15, 0.2) is 0 Å². The summed E-state index contributed by atoms with van der Waals surface area (Å²) >= 11 is 1.86. The quantitative estimate of drug-likeness (QED) is 0.886. The van der Waals surface area contributed by atoms with E-state index in [9.17, 15) is 0 Å². The van der Waals surface area contributed by atoms with Gasteiger partial charge < -0.3 is 10.1 Å². The number of hydrogen-bond donors (Lipinski definition) is 1. The summed E-state index contributed by atoms with van der Waals surface area (Å²) in [4.78, 5) is 1.34. The second-order valence-corrected chi connectivity index (χ2v) is 7.97. The topological polar surface area (TPSA) is 21.3 Å². The van der Waals surface area contributed by atoms with E-state index in [1.54, 1.807) is 0 Å². The van der Waals surface area contributed by atoms with Gasteiger partial charge in [-0.3, -0.25) is 0 Å². The third-order valence-electron chi connectivity index (χ3n) is 3.66. The molecule has 3 rings (SSSR count). The maximum absolute atomic E-state index is 6.33. The fraction of sp³-hybridized carbons (Fsp3) is 0.529. The van der Waals surface area contributed by atoms with Gasteiger partial charge in [0, 0.05) is 22.7 Å². The van der Waals surface area contributed by atoms with Crippen molar-refractivity contribution in [1.82, 2.24) is 5.32 Å². The van der Waals surface area contributed by atoms with Gasteiger partial charge in [0.1, 0.15) is 6.10 Å². The largest absolute Gasteiger partial charge is 0.367 e. The van der Waals surface area contributed by atoms with Crippen LogP contribution in [0.1, 0.15) is 38.2 Å². The highest BCUT2D eigenvalue weighted by atomic mass is 32.1. The lowest BCUT2D eigenvalue weighted by molar-refractivity contribution is -0.0536. The fourth-order valence-electron chi connectivity index (χ4n) is 2.84. The van der Waals surface area contributed by atoms with E-state index in [0.29, 0.717) is 11.5 Å². The number of hydrogen-bond acceptors (Lipinski definition) is 3. The Morgan fingerprint density at radius 3 is 2.80 bits per heavy atom. The number of nitrogens with one attached hydrogen (secondary N) is 1. The van der Waals surface area contributed by atoms with Crippen molar-refractivity contribution in [3.05, 3.63) is 35.2 Å². The third-order valence-corrected chi connectivity index (χ3v) is 4.87. The Balaban J connectivity index is 1.76. The number of fused-ring (bicyclic) bond motifs is 1. The van der Waals surface area contributed by atoms with E-state index in [1.165, 1.54) is 15.0 Å². The summed E-state index contributed by atoms with van der Waals surface area (Å²) in [6.45, 7) is 8.73. The molecular formula is C17H23NOS. The van der Waals surface area contributed by atoms with Crippen LogP contribution in [0.5, 0.6) is 0 Å². The molecule has 0 aliphatic carbocycles. The van der Waals surface area contributed by atoms with Crippen LogP contribution in [0.3, 0.4) is 0 Å². The molecule has 2 heterocycles. The highest BCUT2D eigenvalue weighted by molar-refractivity contribution is 7.19. The second-order valence-electron chi connectivity index (χ2n) is 6.86. The van der Waals surface area contributed by atoms with E-state index in [4.69, 9.17) is 4.74 Å². The second kappa shape index (κ2) is 5.47. The monoisotopic (exact) mass is 289 g/mol. The van der Waals surface area contributed by atoms with Crippen LogP contribution in [0, 0.1) is 5.41 Å². The minimum absolute atomic E-state index is 0.202. The molecule has 2 unspecified atom stereocenters. The zero-order valence-corrected chi connectivity index (χ0v) is 13.3. The van der Waals surface area contributed by atoms with E-state index < -0.39 is 0 Å². The standard InChI is InChI=1S/C17H23NOS/c1-17(2,3)9-13-10-18-11-14(19-13)16-8-12-6-4-5-7-15(12)20-16/h4-8,13-14,18H,9-11H2,1-3H3. The lowest BCUT2D eigenvalue weighted by atomic mass is 9.88. The Hall–Kier alpha value is -0.900. The molecule has 2 aromatic rings. The van der Waals surface area contributed by atoms with Crippen molar-refractivity contribution in [2.75, 3.05) is 13.1 Å². The molecule has 2 nitrogen and oxygen atoms in total. The normalized spacial score (nSPS) is 24.1. The Bertz CT molecular complexity index is 551. The first-order chi connectivity index (χ1) is 9.51. The molecule has 3 heteroatoms. The van der Waals surface area contributed by atoms with Crippen molar-refractivity contribution in [1.29, 1.82) is 0 Å². The molecule has 20 heavy (non-hydrogen) atoms. The van der Waals surface area contributed by atoms with Crippen molar-refractivity contribution in [2.45, 2.75) is 39.4 Å². The van der Waals surface area contributed by atoms with Gasteiger partial charge in [-0.15, -0.1) is 11.3 Å². The lowest BCUT2D eigenvalue weighted by Crippen LogP contribution is -2.41. The van der Waals surface area contributed by atoms with Crippen molar-refractivity contribution in [2.24, 2.45) is 5.41 Å². The first-order valence-electron chi connectivity index (χ1n) is 7.36. The predicted octanol–water partition coefficient (Wildman–Crippen LogP) is 4.37. The predicted molar refractivity (Wildman–Crippen MR) is 86.4 cm³/mol. The minimum Gasteiger partial charge on any atom is -0.367 e. The van der Waals surface area contributed by atoms with Gasteiger partial charge in [0.05, 0.1) is 6.10 Å². The van der Waals surface area contributed by atoms with E-state index in [2.05, 4.69) is 56.4 Å². The van der Waals surface area contributed by atoms with Crippen LogP contribution in [0.2, 0.25) is 0 Å². The number of benzene rings is 1. The lowest BCUT2D eigenvalue weighted by Gasteiger charge is -2.34. The van der Waals surface area contributed by atoms with Crippen molar-refractivity contribution in [3.63, 3.8) is 0 Å². The summed E-state index contributed by atoms with van der Waals surface area (Å²) in [5, 5.41) is 4.86. The molecule has 1 aromatic heterocycles. The molecule has 1 saturated heterocycles. The molecule has 0 spiro atoms. The van der Waals surface area contributed by atoms with Crippen LogP contribution in [-0.4, -0.2) is 19.2 Å².